The van der Waals surface area contributed by atoms with Gasteiger partial charge in [-0.05, 0) is 45.2 Å². The molecule has 0 radical (unpaired) electrons. The maximum absolute atomic E-state index is 3.68. The highest BCUT2D eigenvalue weighted by Crippen LogP contribution is 2.27. The molecule has 0 spiro atoms. The van der Waals surface area contributed by atoms with Crippen LogP contribution in [0.5, 0.6) is 0 Å². The summed E-state index contributed by atoms with van der Waals surface area (Å²) in [5, 5.41) is 3.68. The topological polar surface area (TPSA) is 12.0 Å². The van der Waals surface area contributed by atoms with Crippen LogP contribution in [-0.4, -0.2) is 6.54 Å². The van der Waals surface area contributed by atoms with Crippen molar-refractivity contribution in [1.82, 2.24) is 5.32 Å². The van der Waals surface area contributed by atoms with Crippen LogP contribution in [0.3, 0.4) is 0 Å². The molecule has 1 aliphatic carbocycles. The van der Waals surface area contributed by atoms with Crippen LogP contribution < -0.4 is 5.32 Å². The molecule has 1 aliphatic rings. The molecular formula is C17H27N. The molecule has 1 unspecified atom stereocenters. The van der Waals surface area contributed by atoms with Crippen molar-refractivity contribution >= 4 is 0 Å². The lowest BCUT2D eigenvalue weighted by Crippen LogP contribution is -2.21. The summed E-state index contributed by atoms with van der Waals surface area (Å²) in [6, 6.07) is 7.33. The molecule has 1 aromatic carbocycles. The second kappa shape index (κ2) is 6.38. The highest BCUT2D eigenvalue weighted by atomic mass is 14.9. The van der Waals surface area contributed by atoms with E-state index in [9.17, 15) is 0 Å². The number of benzene rings is 1. The fourth-order valence-electron chi connectivity index (χ4n) is 3.18. The van der Waals surface area contributed by atoms with Crippen molar-refractivity contribution in [2.24, 2.45) is 5.92 Å². The van der Waals surface area contributed by atoms with Crippen molar-refractivity contribution in [1.29, 1.82) is 0 Å². The quantitative estimate of drug-likeness (QED) is 0.803. The summed E-state index contributed by atoms with van der Waals surface area (Å²) in [6.07, 6.45) is 7.18. The second-order valence-corrected chi connectivity index (χ2v) is 6.04. The first-order valence-corrected chi connectivity index (χ1v) is 7.47. The standard InChI is InChI=1S/C17H27N/c1-13-10-14(2)12-17(11-13)15(3)18-9-8-16-6-4-5-7-16/h10-12,15-16,18H,4-9H2,1-3H3. The lowest BCUT2D eigenvalue weighted by atomic mass is 10.0. The van der Waals surface area contributed by atoms with Crippen LogP contribution >= 0.6 is 0 Å². The highest BCUT2D eigenvalue weighted by Gasteiger charge is 2.14. The molecule has 2 rings (SSSR count). The maximum Gasteiger partial charge on any atom is 0.0291 e. The van der Waals surface area contributed by atoms with E-state index in [1.54, 1.807) is 0 Å². The normalized spacial score (nSPS) is 18.2. The van der Waals surface area contributed by atoms with Gasteiger partial charge in [0.25, 0.3) is 0 Å². The molecule has 1 saturated carbocycles. The van der Waals surface area contributed by atoms with Crippen LogP contribution in [-0.2, 0) is 0 Å². The van der Waals surface area contributed by atoms with Crippen molar-refractivity contribution < 1.29 is 0 Å². The number of nitrogens with one attached hydrogen (secondary N) is 1. The number of hydrogen-bond donors (Lipinski definition) is 1. The first kappa shape index (κ1) is 13.6. The Morgan fingerprint density at radius 1 is 1.11 bits per heavy atom. The van der Waals surface area contributed by atoms with E-state index < -0.39 is 0 Å². The van der Waals surface area contributed by atoms with Gasteiger partial charge in [0.05, 0.1) is 0 Å². The Kier molecular flexibility index (Phi) is 4.82. The lowest BCUT2D eigenvalue weighted by Gasteiger charge is -2.17. The summed E-state index contributed by atoms with van der Waals surface area (Å²) in [4.78, 5) is 0. The Balaban J connectivity index is 1.81. The zero-order valence-electron chi connectivity index (χ0n) is 12.1. The first-order chi connectivity index (χ1) is 8.65. The summed E-state index contributed by atoms with van der Waals surface area (Å²) in [5.74, 6) is 0.990. The molecule has 0 amide bonds. The number of rotatable bonds is 5. The lowest BCUT2D eigenvalue weighted by molar-refractivity contribution is 0.455. The Bertz CT molecular complexity index is 357. The summed E-state index contributed by atoms with van der Waals surface area (Å²) >= 11 is 0. The molecular weight excluding hydrogens is 218 g/mol. The number of hydrogen-bond acceptors (Lipinski definition) is 1. The van der Waals surface area contributed by atoms with Gasteiger partial charge in [0, 0.05) is 6.04 Å². The SMILES string of the molecule is Cc1cc(C)cc(C(C)NCCC2CCCC2)c1. The van der Waals surface area contributed by atoms with E-state index in [1.165, 1.54) is 55.3 Å². The van der Waals surface area contributed by atoms with Crippen molar-refractivity contribution in [3.05, 3.63) is 34.9 Å². The summed E-state index contributed by atoms with van der Waals surface area (Å²) < 4.78 is 0. The minimum atomic E-state index is 0.477. The van der Waals surface area contributed by atoms with Gasteiger partial charge in [0.2, 0.25) is 0 Å². The van der Waals surface area contributed by atoms with Gasteiger partial charge < -0.3 is 5.32 Å². The predicted molar refractivity (Wildman–Crippen MR) is 78.9 cm³/mol. The van der Waals surface area contributed by atoms with Crippen LogP contribution in [0.15, 0.2) is 18.2 Å². The molecule has 100 valence electrons. The monoisotopic (exact) mass is 245 g/mol. The minimum Gasteiger partial charge on any atom is -0.310 e. The number of aryl methyl sites for hydroxylation is 2. The van der Waals surface area contributed by atoms with Crippen LogP contribution in [0.4, 0.5) is 0 Å². The molecule has 1 N–H and O–H groups in total. The van der Waals surface area contributed by atoms with Crippen LogP contribution in [0, 0.1) is 19.8 Å². The summed E-state index contributed by atoms with van der Waals surface area (Å²) in [6.45, 7) is 7.81. The van der Waals surface area contributed by atoms with E-state index in [1.807, 2.05) is 0 Å². The van der Waals surface area contributed by atoms with Crippen molar-refractivity contribution in [2.75, 3.05) is 6.54 Å². The van der Waals surface area contributed by atoms with Crippen molar-refractivity contribution in [3.8, 4) is 0 Å². The van der Waals surface area contributed by atoms with Crippen LogP contribution in [0.25, 0.3) is 0 Å². The average molecular weight is 245 g/mol. The molecule has 0 bridgehead atoms. The Morgan fingerprint density at radius 3 is 2.33 bits per heavy atom. The zero-order chi connectivity index (χ0) is 13.0. The van der Waals surface area contributed by atoms with Crippen molar-refractivity contribution in [3.63, 3.8) is 0 Å². The smallest absolute Gasteiger partial charge is 0.0291 e. The minimum absolute atomic E-state index is 0.477. The third-order valence-electron chi connectivity index (χ3n) is 4.22. The second-order valence-electron chi connectivity index (χ2n) is 6.04. The molecule has 0 saturated heterocycles. The molecule has 0 aromatic heterocycles. The fraction of sp³-hybridized carbons (Fsp3) is 0.647. The summed E-state index contributed by atoms with van der Waals surface area (Å²) in [7, 11) is 0. The van der Waals surface area contributed by atoms with E-state index in [0.29, 0.717) is 6.04 Å². The van der Waals surface area contributed by atoms with Crippen molar-refractivity contribution in [2.45, 2.75) is 58.9 Å². The molecule has 1 aromatic rings. The molecule has 0 heterocycles. The van der Waals surface area contributed by atoms with E-state index in [0.717, 1.165) is 5.92 Å². The average Bonchev–Trinajstić information content (AvgIpc) is 2.80. The van der Waals surface area contributed by atoms with Gasteiger partial charge in [-0.3, -0.25) is 0 Å². The van der Waals surface area contributed by atoms with E-state index in [2.05, 4.69) is 44.3 Å². The van der Waals surface area contributed by atoms with Crippen LogP contribution in [0.2, 0.25) is 0 Å². The Labute approximate surface area is 112 Å². The van der Waals surface area contributed by atoms with Gasteiger partial charge in [-0.15, -0.1) is 0 Å². The third kappa shape index (κ3) is 3.84. The van der Waals surface area contributed by atoms with E-state index >= 15 is 0 Å². The Hall–Kier alpha value is -0.820. The van der Waals surface area contributed by atoms with E-state index in [4.69, 9.17) is 0 Å². The van der Waals surface area contributed by atoms with Gasteiger partial charge in [-0.1, -0.05) is 55.0 Å². The van der Waals surface area contributed by atoms with Gasteiger partial charge in [-0.25, -0.2) is 0 Å². The molecule has 0 aliphatic heterocycles. The predicted octanol–water partition coefficient (Wildman–Crippen LogP) is 4.53. The van der Waals surface area contributed by atoms with Gasteiger partial charge >= 0.3 is 0 Å². The van der Waals surface area contributed by atoms with Crippen LogP contribution in [0.1, 0.15) is 61.8 Å². The van der Waals surface area contributed by atoms with Gasteiger partial charge in [-0.2, -0.15) is 0 Å². The molecule has 1 atom stereocenters. The Morgan fingerprint density at radius 2 is 1.72 bits per heavy atom. The molecule has 18 heavy (non-hydrogen) atoms. The van der Waals surface area contributed by atoms with E-state index in [-0.39, 0.29) is 0 Å². The summed E-state index contributed by atoms with van der Waals surface area (Å²) in [5.41, 5.74) is 4.17. The molecule has 1 nitrogen and oxygen atoms in total. The van der Waals surface area contributed by atoms with Gasteiger partial charge in [0.1, 0.15) is 0 Å². The maximum atomic E-state index is 3.68. The molecule has 1 fully saturated rings. The first-order valence-electron chi connectivity index (χ1n) is 7.47. The zero-order valence-corrected chi connectivity index (χ0v) is 12.1. The fourth-order valence-corrected chi connectivity index (χ4v) is 3.18. The largest absolute Gasteiger partial charge is 0.310 e. The molecule has 1 heteroatoms. The van der Waals surface area contributed by atoms with Gasteiger partial charge in [0.15, 0.2) is 0 Å². The third-order valence-corrected chi connectivity index (χ3v) is 4.22. The highest BCUT2D eigenvalue weighted by molar-refractivity contribution is 5.30.